The highest BCUT2D eigenvalue weighted by Gasteiger charge is 2.16. The number of carbonyl (C=O) groups is 3. The Bertz CT molecular complexity index is 779. The summed E-state index contributed by atoms with van der Waals surface area (Å²) in [6.45, 7) is -0.370. The van der Waals surface area contributed by atoms with Crippen LogP contribution in [0.2, 0.25) is 5.02 Å². The van der Waals surface area contributed by atoms with Crippen molar-refractivity contribution in [2.45, 2.75) is 0 Å². The summed E-state index contributed by atoms with van der Waals surface area (Å²) in [5.74, 6) is -2.29. The Balaban J connectivity index is 1.89. The van der Waals surface area contributed by atoms with Crippen molar-refractivity contribution < 1.29 is 24.2 Å². The third-order valence-electron chi connectivity index (χ3n) is 2.91. The van der Waals surface area contributed by atoms with E-state index in [0.29, 0.717) is 10.8 Å². The predicted molar refractivity (Wildman–Crippen MR) is 86.0 cm³/mol. The molecule has 0 heterocycles. The summed E-state index contributed by atoms with van der Waals surface area (Å²) in [4.78, 5) is 34.7. The standard InChI is InChI=1S/C16H13ClN2O5/c17-12-7-3-4-8-13(12)24-9-14(20)18-19-15(21)10-5-1-2-6-11(10)16(22)23/h1-8H,9H2,(H,18,20)(H,19,21)(H,22,23). The van der Waals surface area contributed by atoms with Gasteiger partial charge in [0.1, 0.15) is 5.75 Å². The van der Waals surface area contributed by atoms with Gasteiger partial charge in [0.15, 0.2) is 6.61 Å². The van der Waals surface area contributed by atoms with Gasteiger partial charge in [-0.2, -0.15) is 0 Å². The lowest BCUT2D eigenvalue weighted by atomic mass is 10.1. The van der Waals surface area contributed by atoms with Crippen LogP contribution in [0.15, 0.2) is 48.5 Å². The number of rotatable bonds is 5. The van der Waals surface area contributed by atoms with E-state index in [2.05, 4.69) is 10.9 Å². The zero-order valence-corrected chi connectivity index (χ0v) is 13.0. The van der Waals surface area contributed by atoms with Crippen molar-refractivity contribution in [2.75, 3.05) is 6.61 Å². The molecule has 0 unspecified atom stereocenters. The normalized spacial score (nSPS) is 9.88. The topological polar surface area (TPSA) is 105 Å². The molecule has 7 nitrogen and oxygen atoms in total. The average Bonchev–Trinajstić information content (AvgIpc) is 2.59. The number of carbonyl (C=O) groups excluding carboxylic acids is 2. The number of ether oxygens (including phenoxy) is 1. The number of hydrogen-bond donors (Lipinski definition) is 3. The molecule has 124 valence electrons. The third kappa shape index (κ3) is 4.47. The first-order valence-corrected chi connectivity index (χ1v) is 7.15. The van der Waals surface area contributed by atoms with Crippen LogP contribution in [0.4, 0.5) is 0 Å². The van der Waals surface area contributed by atoms with Crippen molar-refractivity contribution in [2.24, 2.45) is 0 Å². The molecule has 2 amide bonds. The second-order valence-corrected chi connectivity index (χ2v) is 4.98. The van der Waals surface area contributed by atoms with Gasteiger partial charge in [-0.1, -0.05) is 35.9 Å². The van der Waals surface area contributed by atoms with E-state index in [0.717, 1.165) is 0 Å². The number of carboxylic acids is 1. The van der Waals surface area contributed by atoms with Crippen molar-refractivity contribution in [1.82, 2.24) is 10.9 Å². The molecule has 0 saturated heterocycles. The molecule has 0 atom stereocenters. The molecule has 0 aromatic heterocycles. The van der Waals surface area contributed by atoms with Gasteiger partial charge in [0.25, 0.3) is 11.8 Å². The maximum absolute atomic E-state index is 12.0. The number of amides is 2. The van der Waals surface area contributed by atoms with Gasteiger partial charge in [-0.05, 0) is 24.3 Å². The molecular formula is C16H13ClN2O5. The summed E-state index contributed by atoms with van der Waals surface area (Å²) in [7, 11) is 0. The van der Waals surface area contributed by atoms with Crippen LogP contribution in [0.5, 0.6) is 5.75 Å². The monoisotopic (exact) mass is 348 g/mol. The van der Waals surface area contributed by atoms with Gasteiger partial charge in [-0.3, -0.25) is 20.4 Å². The average molecular weight is 349 g/mol. The summed E-state index contributed by atoms with van der Waals surface area (Å²) >= 11 is 5.88. The largest absolute Gasteiger partial charge is 0.482 e. The van der Waals surface area contributed by atoms with Crippen molar-refractivity contribution in [1.29, 1.82) is 0 Å². The van der Waals surface area contributed by atoms with Crippen molar-refractivity contribution in [3.63, 3.8) is 0 Å². The lowest BCUT2D eigenvalue weighted by molar-refractivity contribution is -0.123. The van der Waals surface area contributed by atoms with Crippen molar-refractivity contribution >= 4 is 29.4 Å². The van der Waals surface area contributed by atoms with Gasteiger partial charge in [-0.25, -0.2) is 4.79 Å². The molecule has 0 aliphatic rings. The van der Waals surface area contributed by atoms with Crippen LogP contribution in [0.1, 0.15) is 20.7 Å². The highest BCUT2D eigenvalue weighted by atomic mass is 35.5. The van der Waals surface area contributed by atoms with E-state index in [1.807, 2.05) is 0 Å². The van der Waals surface area contributed by atoms with Crippen LogP contribution < -0.4 is 15.6 Å². The fourth-order valence-electron chi connectivity index (χ4n) is 1.80. The highest BCUT2D eigenvalue weighted by molar-refractivity contribution is 6.32. The van der Waals surface area contributed by atoms with Crippen LogP contribution in [0.3, 0.4) is 0 Å². The molecule has 3 N–H and O–H groups in total. The van der Waals surface area contributed by atoms with Gasteiger partial charge in [0.05, 0.1) is 16.1 Å². The second-order valence-electron chi connectivity index (χ2n) is 4.57. The van der Waals surface area contributed by atoms with Crippen molar-refractivity contribution in [3.05, 3.63) is 64.7 Å². The molecule has 0 spiro atoms. The minimum absolute atomic E-state index is 0.0719. The Morgan fingerprint density at radius 3 is 2.25 bits per heavy atom. The number of nitrogens with one attached hydrogen (secondary N) is 2. The van der Waals surface area contributed by atoms with Gasteiger partial charge >= 0.3 is 5.97 Å². The number of halogens is 1. The first-order valence-electron chi connectivity index (χ1n) is 6.78. The van der Waals surface area contributed by atoms with Gasteiger partial charge in [0, 0.05) is 0 Å². The van der Waals surface area contributed by atoms with E-state index in [9.17, 15) is 14.4 Å². The lowest BCUT2D eigenvalue weighted by Gasteiger charge is -2.10. The zero-order valence-electron chi connectivity index (χ0n) is 12.3. The molecule has 2 aromatic carbocycles. The van der Waals surface area contributed by atoms with E-state index in [1.54, 1.807) is 24.3 Å². The molecule has 2 rings (SSSR count). The first-order chi connectivity index (χ1) is 11.5. The summed E-state index contributed by atoms with van der Waals surface area (Å²) in [6.07, 6.45) is 0. The van der Waals surface area contributed by atoms with Crippen LogP contribution in [-0.4, -0.2) is 29.5 Å². The minimum atomic E-state index is -1.24. The minimum Gasteiger partial charge on any atom is -0.482 e. The maximum atomic E-state index is 12.0. The molecule has 0 fully saturated rings. The molecule has 0 aliphatic carbocycles. The van der Waals surface area contributed by atoms with Crippen molar-refractivity contribution in [3.8, 4) is 5.75 Å². The molecular weight excluding hydrogens is 336 g/mol. The second kappa shape index (κ2) is 7.98. The van der Waals surface area contributed by atoms with Crippen LogP contribution >= 0.6 is 11.6 Å². The Hall–Kier alpha value is -3.06. The van der Waals surface area contributed by atoms with Gasteiger partial charge < -0.3 is 9.84 Å². The van der Waals surface area contributed by atoms with E-state index in [1.165, 1.54) is 24.3 Å². The van der Waals surface area contributed by atoms with Crippen LogP contribution in [-0.2, 0) is 4.79 Å². The number of hydrazine groups is 1. The molecule has 0 aliphatic heterocycles. The smallest absolute Gasteiger partial charge is 0.336 e. The fraction of sp³-hybridized carbons (Fsp3) is 0.0625. The fourth-order valence-corrected chi connectivity index (χ4v) is 1.99. The molecule has 0 radical (unpaired) electrons. The number of hydrogen-bond acceptors (Lipinski definition) is 4. The Morgan fingerprint density at radius 1 is 0.958 bits per heavy atom. The van der Waals surface area contributed by atoms with E-state index < -0.39 is 17.8 Å². The molecule has 2 aromatic rings. The Kier molecular flexibility index (Phi) is 5.75. The quantitative estimate of drug-likeness (QED) is 0.715. The van der Waals surface area contributed by atoms with E-state index >= 15 is 0 Å². The van der Waals surface area contributed by atoms with Gasteiger partial charge in [-0.15, -0.1) is 0 Å². The van der Waals surface area contributed by atoms with E-state index in [-0.39, 0.29) is 17.7 Å². The summed E-state index contributed by atoms with van der Waals surface area (Å²) in [5.41, 5.74) is 4.03. The summed E-state index contributed by atoms with van der Waals surface area (Å²) < 4.78 is 5.21. The van der Waals surface area contributed by atoms with E-state index in [4.69, 9.17) is 21.4 Å². The Morgan fingerprint density at radius 2 is 1.58 bits per heavy atom. The summed E-state index contributed by atoms with van der Waals surface area (Å²) in [6, 6.07) is 12.3. The summed E-state index contributed by atoms with van der Waals surface area (Å²) in [5, 5.41) is 9.38. The van der Waals surface area contributed by atoms with Crippen LogP contribution in [0, 0.1) is 0 Å². The maximum Gasteiger partial charge on any atom is 0.336 e. The van der Waals surface area contributed by atoms with Gasteiger partial charge in [0.2, 0.25) is 0 Å². The number of aromatic carboxylic acids is 1. The van der Waals surface area contributed by atoms with Crippen LogP contribution in [0.25, 0.3) is 0 Å². The Labute approximate surface area is 142 Å². The SMILES string of the molecule is O=C(COc1ccccc1Cl)NNC(=O)c1ccccc1C(=O)O. The molecule has 0 bridgehead atoms. The number of benzene rings is 2. The highest BCUT2D eigenvalue weighted by Crippen LogP contribution is 2.22. The predicted octanol–water partition coefficient (Wildman–Crippen LogP) is 1.88. The number of carboxylic acid groups (broad SMARTS) is 1. The lowest BCUT2D eigenvalue weighted by Crippen LogP contribution is -2.44. The molecule has 8 heteroatoms. The zero-order chi connectivity index (χ0) is 17.5. The number of para-hydroxylation sites is 1. The first kappa shape index (κ1) is 17.3. The molecule has 0 saturated carbocycles. The third-order valence-corrected chi connectivity index (χ3v) is 3.23. The molecule has 24 heavy (non-hydrogen) atoms.